The first-order chi connectivity index (χ1) is 13.8. The molecule has 29 heavy (non-hydrogen) atoms. The Kier molecular flexibility index (Phi) is 5.72. The lowest BCUT2D eigenvalue weighted by molar-refractivity contribution is 0.0751. The first-order valence-electron chi connectivity index (χ1n) is 9.07. The smallest absolute Gasteiger partial charge is 0.274 e. The van der Waals surface area contributed by atoms with Gasteiger partial charge in [-0.25, -0.2) is 9.37 Å². The Morgan fingerprint density at radius 2 is 1.86 bits per heavy atom. The highest BCUT2D eigenvalue weighted by molar-refractivity contribution is 6.09. The van der Waals surface area contributed by atoms with E-state index < -0.39 is 11.7 Å². The second kappa shape index (κ2) is 8.22. The number of amides is 2. The third-order valence-corrected chi connectivity index (χ3v) is 4.61. The van der Waals surface area contributed by atoms with E-state index in [0.29, 0.717) is 10.9 Å². The molecule has 0 aliphatic heterocycles. The summed E-state index contributed by atoms with van der Waals surface area (Å²) < 4.78 is 13.0. The summed E-state index contributed by atoms with van der Waals surface area (Å²) in [5.41, 5.74) is 0.539. The Morgan fingerprint density at radius 3 is 2.52 bits per heavy atom. The average Bonchev–Trinajstić information content (AvgIpc) is 2.72. The van der Waals surface area contributed by atoms with Crippen molar-refractivity contribution in [1.82, 2.24) is 20.2 Å². The van der Waals surface area contributed by atoms with Gasteiger partial charge >= 0.3 is 0 Å². The third-order valence-electron chi connectivity index (χ3n) is 4.61. The molecular weight excluding hydrogens is 375 g/mol. The van der Waals surface area contributed by atoms with Gasteiger partial charge < -0.3 is 15.3 Å². The van der Waals surface area contributed by atoms with E-state index in [1.807, 2.05) is 13.8 Å². The van der Waals surface area contributed by atoms with Gasteiger partial charge in [0.05, 0.1) is 0 Å². The number of carbonyl (C=O) groups is 2. The van der Waals surface area contributed by atoms with Crippen LogP contribution in [0, 0.1) is 5.82 Å². The second-order valence-electron chi connectivity index (χ2n) is 6.88. The van der Waals surface area contributed by atoms with Crippen LogP contribution < -0.4 is 5.32 Å². The number of hydrogen-bond acceptors (Lipinski definition) is 5. The largest absolute Gasteiger partial charge is 0.504 e. The zero-order valence-electron chi connectivity index (χ0n) is 16.3. The van der Waals surface area contributed by atoms with Crippen LogP contribution in [0.3, 0.4) is 0 Å². The van der Waals surface area contributed by atoms with Gasteiger partial charge in [-0.3, -0.25) is 14.6 Å². The van der Waals surface area contributed by atoms with E-state index in [0.717, 1.165) is 0 Å². The Labute approximate surface area is 167 Å². The summed E-state index contributed by atoms with van der Waals surface area (Å²) in [4.78, 5) is 35.3. The summed E-state index contributed by atoms with van der Waals surface area (Å²) >= 11 is 0. The first-order valence-corrected chi connectivity index (χ1v) is 9.07. The van der Waals surface area contributed by atoms with Crippen molar-refractivity contribution in [3.05, 3.63) is 65.4 Å². The molecule has 2 heterocycles. The molecular formula is C21H21FN4O3. The quantitative estimate of drug-likeness (QED) is 0.691. The number of nitrogens with one attached hydrogen (secondary N) is 1. The van der Waals surface area contributed by atoms with Gasteiger partial charge in [-0.1, -0.05) is 12.1 Å². The minimum Gasteiger partial charge on any atom is -0.504 e. The lowest BCUT2D eigenvalue weighted by Crippen LogP contribution is -2.34. The summed E-state index contributed by atoms with van der Waals surface area (Å²) in [5, 5.41) is 13.5. The fourth-order valence-electron chi connectivity index (χ4n) is 2.71. The van der Waals surface area contributed by atoms with Crippen molar-refractivity contribution in [3.63, 3.8) is 0 Å². The van der Waals surface area contributed by atoms with E-state index >= 15 is 0 Å². The van der Waals surface area contributed by atoms with Crippen LogP contribution in [0.15, 0.2) is 42.6 Å². The van der Waals surface area contributed by atoms with Crippen molar-refractivity contribution in [3.8, 4) is 5.75 Å². The van der Waals surface area contributed by atoms with E-state index in [2.05, 4.69) is 15.3 Å². The molecule has 2 N–H and O–H groups in total. The van der Waals surface area contributed by atoms with Crippen LogP contribution in [0.25, 0.3) is 10.9 Å². The molecule has 150 valence electrons. The lowest BCUT2D eigenvalue weighted by Gasteiger charge is -2.22. The Hall–Kier alpha value is -3.55. The molecule has 0 radical (unpaired) electrons. The van der Waals surface area contributed by atoms with Crippen molar-refractivity contribution in [2.75, 3.05) is 7.05 Å². The van der Waals surface area contributed by atoms with E-state index in [4.69, 9.17) is 0 Å². The van der Waals surface area contributed by atoms with E-state index in [9.17, 15) is 19.1 Å². The summed E-state index contributed by atoms with van der Waals surface area (Å²) in [6.45, 7) is 3.82. The molecule has 0 saturated heterocycles. The number of aromatic hydroxyl groups is 1. The topological polar surface area (TPSA) is 95.4 Å². The van der Waals surface area contributed by atoms with Crippen LogP contribution in [-0.2, 0) is 6.54 Å². The Bertz CT molecular complexity index is 1070. The molecule has 8 heteroatoms. The highest BCUT2D eigenvalue weighted by Gasteiger charge is 2.25. The molecule has 1 aromatic carbocycles. The second-order valence-corrected chi connectivity index (χ2v) is 6.88. The van der Waals surface area contributed by atoms with Crippen LogP contribution in [-0.4, -0.2) is 44.9 Å². The zero-order valence-corrected chi connectivity index (χ0v) is 16.3. The summed E-state index contributed by atoms with van der Waals surface area (Å²) in [6, 6.07) is 8.82. The minimum atomic E-state index is -0.666. The molecule has 2 aromatic heterocycles. The number of nitrogens with zero attached hydrogens (tertiary/aromatic N) is 3. The monoisotopic (exact) mass is 396 g/mol. The molecule has 3 aromatic rings. The molecule has 0 aliphatic rings. The van der Waals surface area contributed by atoms with Crippen LogP contribution in [0.1, 0.15) is 40.4 Å². The van der Waals surface area contributed by atoms with Crippen molar-refractivity contribution in [2.45, 2.75) is 26.4 Å². The van der Waals surface area contributed by atoms with E-state index in [-0.39, 0.29) is 41.2 Å². The first kappa shape index (κ1) is 20.2. The summed E-state index contributed by atoms with van der Waals surface area (Å²) in [5.74, 6) is -1.83. The van der Waals surface area contributed by atoms with E-state index in [1.54, 1.807) is 19.2 Å². The van der Waals surface area contributed by atoms with Gasteiger partial charge in [0.1, 0.15) is 17.0 Å². The van der Waals surface area contributed by atoms with Crippen molar-refractivity contribution >= 4 is 22.7 Å². The van der Waals surface area contributed by atoms with Crippen molar-refractivity contribution in [1.29, 1.82) is 0 Å². The molecule has 0 bridgehead atoms. The molecule has 2 amide bonds. The molecule has 0 fully saturated rings. The maximum atomic E-state index is 13.0. The average molecular weight is 396 g/mol. The normalized spacial score (nSPS) is 10.9. The fraction of sp³-hybridized carbons (Fsp3) is 0.238. The van der Waals surface area contributed by atoms with Gasteiger partial charge in [0, 0.05) is 31.2 Å². The molecule has 3 rings (SSSR count). The summed E-state index contributed by atoms with van der Waals surface area (Å²) in [7, 11) is 1.64. The molecule has 0 saturated carbocycles. The Morgan fingerprint density at radius 1 is 1.17 bits per heavy atom. The standard InChI is InChI=1S/C21H21FN4O3/c1-12(2)26(3)21(29)17-15-5-4-10-23-16(15)19(27)18(25-17)20(28)24-11-13-6-8-14(22)9-7-13/h4-10,12,27H,11H2,1-3H3,(H,24,28). The van der Waals surface area contributed by atoms with Gasteiger partial charge in [-0.2, -0.15) is 0 Å². The SMILES string of the molecule is CC(C)N(C)C(=O)c1nc(C(=O)NCc2ccc(F)cc2)c(O)c2ncccc12. The number of aromatic nitrogens is 2. The third kappa shape index (κ3) is 4.16. The maximum absolute atomic E-state index is 13.0. The van der Waals surface area contributed by atoms with Crippen LogP contribution >= 0.6 is 0 Å². The van der Waals surface area contributed by atoms with Gasteiger partial charge in [0.2, 0.25) is 0 Å². The number of hydrogen-bond donors (Lipinski definition) is 2. The van der Waals surface area contributed by atoms with Gasteiger partial charge in [-0.15, -0.1) is 0 Å². The number of benzene rings is 1. The zero-order chi connectivity index (χ0) is 21.1. The predicted molar refractivity (Wildman–Crippen MR) is 106 cm³/mol. The van der Waals surface area contributed by atoms with Gasteiger partial charge in [0.25, 0.3) is 11.8 Å². The highest BCUT2D eigenvalue weighted by atomic mass is 19.1. The molecule has 0 aliphatic carbocycles. The van der Waals surface area contributed by atoms with Gasteiger partial charge in [-0.05, 0) is 43.7 Å². The predicted octanol–water partition coefficient (Wildman–Crippen LogP) is 2.88. The maximum Gasteiger partial charge on any atom is 0.274 e. The summed E-state index contributed by atoms with van der Waals surface area (Å²) in [6.07, 6.45) is 1.46. The number of pyridine rings is 2. The van der Waals surface area contributed by atoms with Crippen molar-refractivity contribution < 1.29 is 19.1 Å². The van der Waals surface area contributed by atoms with Crippen molar-refractivity contribution in [2.24, 2.45) is 0 Å². The minimum absolute atomic E-state index is 0.0361. The molecule has 0 spiro atoms. The van der Waals surface area contributed by atoms with Crippen LogP contribution in [0.4, 0.5) is 4.39 Å². The molecule has 0 unspecified atom stereocenters. The molecule has 7 nitrogen and oxygen atoms in total. The highest BCUT2D eigenvalue weighted by Crippen LogP contribution is 2.28. The fourth-order valence-corrected chi connectivity index (χ4v) is 2.71. The van der Waals surface area contributed by atoms with Crippen LogP contribution in [0.2, 0.25) is 0 Å². The Balaban J connectivity index is 1.98. The number of carbonyl (C=O) groups excluding carboxylic acids is 2. The van der Waals surface area contributed by atoms with Gasteiger partial charge in [0.15, 0.2) is 11.4 Å². The molecule has 0 atom stereocenters. The lowest BCUT2D eigenvalue weighted by atomic mass is 10.1. The van der Waals surface area contributed by atoms with Crippen LogP contribution in [0.5, 0.6) is 5.75 Å². The number of halogens is 1. The number of fused-ring (bicyclic) bond motifs is 1. The van der Waals surface area contributed by atoms with E-state index in [1.165, 1.54) is 35.4 Å². The number of rotatable bonds is 5.